The summed E-state index contributed by atoms with van der Waals surface area (Å²) in [6.07, 6.45) is -5.32. The first-order valence-electron chi connectivity index (χ1n) is 8.51. The minimum Gasteiger partial charge on any atom is -0.462 e. The first-order valence-corrected chi connectivity index (χ1v) is 8.51. The van der Waals surface area contributed by atoms with Gasteiger partial charge >= 0.3 is 5.97 Å². The van der Waals surface area contributed by atoms with Crippen LogP contribution < -0.4 is 0 Å². The lowest BCUT2D eigenvalue weighted by Gasteiger charge is -2.33. The van der Waals surface area contributed by atoms with Crippen LogP contribution in [0, 0.1) is 23.2 Å². The fourth-order valence-corrected chi connectivity index (χ4v) is 3.19. The summed E-state index contributed by atoms with van der Waals surface area (Å²) in [5, 5.41) is 8.69. The molecule has 5 atom stereocenters. The Balaban J connectivity index is 0.00000139. The van der Waals surface area contributed by atoms with E-state index in [1.807, 2.05) is 13.8 Å². The summed E-state index contributed by atoms with van der Waals surface area (Å²) in [6, 6.07) is 1.59. The summed E-state index contributed by atoms with van der Waals surface area (Å²) in [4.78, 5) is 12.0. The zero-order chi connectivity index (χ0) is 18.3. The number of alkyl halides is 3. The molecule has 0 aromatic heterocycles. The Morgan fingerprint density at radius 3 is 2.00 bits per heavy atom. The Labute approximate surface area is 141 Å². The predicted molar refractivity (Wildman–Crippen MR) is 82.4 cm³/mol. The standard InChI is InChI=1S/C15H20F3NO3.C2H6/c1-21-8-2-3-10(12(16)4-8)15(20)22-9-5-13(17)11(7-19)14(18)6-9;1-2/h8-14H,2-6H2,1H3;1-2H3. The third-order valence-electron chi connectivity index (χ3n) is 4.55. The largest absolute Gasteiger partial charge is 0.462 e. The highest BCUT2D eigenvalue weighted by atomic mass is 19.1. The van der Waals surface area contributed by atoms with Crippen molar-refractivity contribution in [3.05, 3.63) is 0 Å². The van der Waals surface area contributed by atoms with E-state index in [4.69, 9.17) is 14.7 Å². The molecule has 2 aliphatic rings. The number of hydrogen-bond donors (Lipinski definition) is 0. The van der Waals surface area contributed by atoms with Gasteiger partial charge in [-0.1, -0.05) is 13.8 Å². The molecule has 7 heteroatoms. The maximum atomic E-state index is 14.0. The van der Waals surface area contributed by atoms with Crippen molar-refractivity contribution >= 4 is 5.97 Å². The van der Waals surface area contributed by atoms with E-state index in [2.05, 4.69) is 0 Å². The molecule has 0 aromatic carbocycles. The Hall–Kier alpha value is -1.29. The summed E-state index contributed by atoms with van der Waals surface area (Å²) < 4.78 is 51.5. The number of rotatable bonds is 3. The maximum absolute atomic E-state index is 14.0. The van der Waals surface area contributed by atoms with E-state index in [1.165, 1.54) is 7.11 Å². The number of hydrogen-bond acceptors (Lipinski definition) is 4. The maximum Gasteiger partial charge on any atom is 0.312 e. The van der Waals surface area contributed by atoms with Gasteiger partial charge < -0.3 is 9.47 Å². The van der Waals surface area contributed by atoms with Crippen molar-refractivity contribution in [1.29, 1.82) is 5.26 Å². The summed E-state index contributed by atoms with van der Waals surface area (Å²) in [6.45, 7) is 4.00. The van der Waals surface area contributed by atoms with Gasteiger partial charge in [-0.15, -0.1) is 0 Å². The van der Waals surface area contributed by atoms with Gasteiger partial charge in [0.1, 0.15) is 30.5 Å². The highest BCUT2D eigenvalue weighted by Crippen LogP contribution is 2.34. The molecule has 0 aliphatic heterocycles. The summed E-state index contributed by atoms with van der Waals surface area (Å²) in [7, 11) is 1.49. The zero-order valence-corrected chi connectivity index (χ0v) is 14.4. The van der Waals surface area contributed by atoms with Crippen molar-refractivity contribution < 1.29 is 27.4 Å². The van der Waals surface area contributed by atoms with Crippen LogP contribution in [0.3, 0.4) is 0 Å². The van der Waals surface area contributed by atoms with Crippen LogP contribution >= 0.6 is 0 Å². The van der Waals surface area contributed by atoms with Gasteiger partial charge in [0, 0.05) is 26.4 Å². The van der Waals surface area contributed by atoms with Crippen molar-refractivity contribution in [3.8, 4) is 6.07 Å². The van der Waals surface area contributed by atoms with Gasteiger partial charge in [-0.25, -0.2) is 13.2 Å². The molecular weight excluding hydrogens is 323 g/mol. The van der Waals surface area contributed by atoms with Crippen LogP contribution in [-0.4, -0.2) is 43.8 Å². The van der Waals surface area contributed by atoms with Gasteiger partial charge in [0.2, 0.25) is 0 Å². The predicted octanol–water partition coefficient (Wildman–Crippen LogP) is 3.69. The van der Waals surface area contributed by atoms with Crippen molar-refractivity contribution in [2.24, 2.45) is 11.8 Å². The van der Waals surface area contributed by atoms with E-state index in [0.29, 0.717) is 12.8 Å². The minimum atomic E-state index is -1.67. The van der Waals surface area contributed by atoms with Gasteiger partial charge in [-0.05, 0) is 12.8 Å². The number of esters is 1. The zero-order valence-electron chi connectivity index (χ0n) is 14.4. The lowest BCUT2D eigenvalue weighted by atomic mass is 9.84. The second kappa shape index (κ2) is 9.87. The second-order valence-electron chi connectivity index (χ2n) is 6.01. The van der Waals surface area contributed by atoms with Gasteiger partial charge in [-0.2, -0.15) is 5.26 Å². The van der Waals surface area contributed by atoms with Gasteiger partial charge in [0.25, 0.3) is 0 Å². The molecule has 0 saturated heterocycles. The van der Waals surface area contributed by atoms with Crippen LogP contribution in [0.1, 0.15) is 46.0 Å². The van der Waals surface area contributed by atoms with E-state index in [1.54, 1.807) is 6.07 Å². The van der Waals surface area contributed by atoms with Crippen molar-refractivity contribution in [1.82, 2.24) is 0 Å². The highest BCUT2D eigenvalue weighted by Gasteiger charge is 2.42. The normalized spacial score (nSPS) is 39.1. The molecule has 0 N–H and O–H groups in total. The molecule has 0 spiro atoms. The molecule has 4 nitrogen and oxygen atoms in total. The van der Waals surface area contributed by atoms with Crippen LogP contribution in [0.15, 0.2) is 0 Å². The van der Waals surface area contributed by atoms with E-state index >= 15 is 0 Å². The molecule has 0 heterocycles. The Morgan fingerprint density at radius 1 is 1.00 bits per heavy atom. The minimum absolute atomic E-state index is 0.120. The van der Waals surface area contributed by atoms with E-state index in [0.717, 1.165) is 0 Å². The summed E-state index contributed by atoms with van der Waals surface area (Å²) in [5.74, 6) is -2.97. The molecular formula is C17H26F3NO3. The van der Waals surface area contributed by atoms with Gasteiger partial charge in [0.05, 0.1) is 18.1 Å². The number of nitriles is 1. The van der Waals surface area contributed by atoms with Crippen molar-refractivity contribution in [2.45, 2.75) is 76.7 Å². The van der Waals surface area contributed by atoms with Crippen molar-refractivity contribution in [2.75, 3.05) is 7.11 Å². The van der Waals surface area contributed by atoms with E-state index < -0.39 is 42.4 Å². The summed E-state index contributed by atoms with van der Waals surface area (Å²) >= 11 is 0. The molecule has 2 saturated carbocycles. The molecule has 0 radical (unpaired) electrons. The monoisotopic (exact) mass is 349 g/mol. The number of ether oxygens (including phenoxy) is 2. The Morgan fingerprint density at radius 2 is 1.54 bits per heavy atom. The van der Waals surface area contributed by atoms with E-state index in [-0.39, 0.29) is 25.4 Å². The molecule has 2 rings (SSSR count). The quantitative estimate of drug-likeness (QED) is 0.729. The molecule has 0 bridgehead atoms. The lowest BCUT2D eigenvalue weighted by molar-refractivity contribution is -0.163. The van der Waals surface area contributed by atoms with Crippen LogP contribution in [0.25, 0.3) is 0 Å². The van der Waals surface area contributed by atoms with Gasteiger partial charge in [-0.3, -0.25) is 4.79 Å². The lowest BCUT2D eigenvalue weighted by Crippen LogP contribution is -2.42. The number of nitrogens with zero attached hydrogens (tertiary/aromatic N) is 1. The average molecular weight is 349 g/mol. The first kappa shape index (κ1) is 20.8. The smallest absolute Gasteiger partial charge is 0.312 e. The van der Waals surface area contributed by atoms with Crippen LogP contribution in [-0.2, 0) is 14.3 Å². The van der Waals surface area contributed by atoms with Crippen LogP contribution in [0.2, 0.25) is 0 Å². The Bertz CT molecular complexity index is 431. The SMILES string of the molecule is CC.COC1CCC(C(=O)OC2CC(F)C(C#N)C(F)C2)C(F)C1. The second-order valence-corrected chi connectivity index (χ2v) is 6.01. The van der Waals surface area contributed by atoms with Crippen LogP contribution in [0.4, 0.5) is 13.2 Å². The van der Waals surface area contributed by atoms with E-state index in [9.17, 15) is 18.0 Å². The molecule has 0 amide bonds. The fraction of sp³-hybridized carbons (Fsp3) is 0.882. The average Bonchev–Trinajstić information content (AvgIpc) is 2.56. The topological polar surface area (TPSA) is 59.3 Å². The third kappa shape index (κ3) is 5.10. The highest BCUT2D eigenvalue weighted by molar-refractivity contribution is 5.73. The molecule has 2 fully saturated rings. The number of carbonyl (C=O) groups is 1. The van der Waals surface area contributed by atoms with Crippen LogP contribution in [0.5, 0.6) is 0 Å². The summed E-state index contributed by atoms with van der Waals surface area (Å²) in [5.41, 5.74) is 0. The molecule has 5 unspecified atom stereocenters. The fourth-order valence-electron chi connectivity index (χ4n) is 3.19. The third-order valence-corrected chi connectivity index (χ3v) is 4.55. The molecule has 2 aliphatic carbocycles. The molecule has 24 heavy (non-hydrogen) atoms. The molecule has 138 valence electrons. The number of carbonyl (C=O) groups excluding carboxylic acids is 1. The number of methoxy groups -OCH3 is 1. The Kier molecular flexibility index (Phi) is 8.54. The number of halogens is 3. The molecule has 0 aromatic rings. The van der Waals surface area contributed by atoms with Crippen molar-refractivity contribution in [3.63, 3.8) is 0 Å². The van der Waals surface area contributed by atoms with Gasteiger partial charge in [0.15, 0.2) is 0 Å². The first-order chi connectivity index (χ1) is 11.5.